The minimum absolute atomic E-state index is 0.0696. The number of nitrogens with one attached hydrogen (secondary N) is 1. The Labute approximate surface area is 198 Å². The molecule has 0 aliphatic rings. The van der Waals surface area contributed by atoms with Gasteiger partial charge in [0.1, 0.15) is 5.75 Å². The Hall–Kier alpha value is -4.38. The van der Waals surface area contributed by atoms with E-state index in [9.17, 15) is 4.79 Å². The van der Waals surface area contributed by atoms with Crippen molar-refractivity contribution >= 4 is 17.2 Å². The Bertz CT molecular complexity index is 1450. The smallest absolute Gasteiger partial charge is 0.262 e. The first kappa shape index (κ1) is 21.5. The molecular formula is C29H25N3O2. The average Bonchev–Trinajstić information content (AvgIpc) is 3.31. The summed E-state index contributed by atoms with van der Waals surface area (Å²) in [6, 6.07) is 28.3. The van der Waals surface area contributed by atoms with Gasteiger partial charge in [0.25, 0.3) is 5.91 Å². The Morgan fingerprint density at radius 3 is 2.41 bits per heavy atom. The third-order valence-corrected chi connectivity index (χ3v) is 5.75. The van der Waals surface area contributed by atoms with Crippen LogP contribution in [0, 0.1) is 13.8 Å². The van der Waals surface area contributed by atoms with E-state index in [2.05, 4.69) is 41.7 Å². The fourth-order valence-electron chi connectivity index (χ4n) is 3.91. The Kier molecular flexibility index (Phi) is 5.83. The summed E-state index contributed by atoms with van der Waals surface area (Å²) in [5.41, 5.74) is 7.60. The molecule has 0 saturated carbocycles. The number of carbonyl (C=O) groups is 1. The van der Waals surface area contributed by atoms with Crippen molar-refractivity contribution in [3.05, 3.63) is 108 Å². The number of aryl methyl sites for hydroxylation is 2. The lowest BCUT2D eigenvalue weighted by Gasteiger charge is -2.10. The summed E-state index contributed by atoms with van der Waals surface area (Å²) >= 11 is 0. The van der Waals surface area contributed by atoms with Gasteiger partial charge in [-0.2, -0.15) is 0 Å². The van der Waals surface area contributed by atoms with Crippen molar-refractivity contribution in [2.24, 2.45) is 0 Å². The molecule has 5 nitrogen and oxygen atoms in total. The van der Waals surface area contributed by atoms with Crippen LogP contribution in [0.3, 0.4) is 0 Å². The number of hydrogen-bond donors (Lipinski definition) is 1. The number of amides is 1. The molecule has 0 radical (unpaired) electrons. The van der Waals surface area contributed by atoms with E-state index in [1.807, 2.05) is 79.2 Å². The van der Waals surface area contributed by atoms with Crippen LogP contribution in [0.2, 0.25) is 0 Å². The van der Waals surface area contributed by atoms with Gasteiger partial charge in [-0.3, -0.25) is 4.79 Å². The van der Waals surface area contributed by atoms with E-state index in [0.29, 0.717) is 11.3 Å². The zero-order valence-electron chi connectivity index (χ0n) is 19.2. The highest BCUT2D eigenvalue weighted by molar-refractivity contribution is 5.95. The monoisotopic (exact) mass is 447 g/mol. The number of imidazole rings is 1. The van der Waals surface area contributed by atoms with Crippen LogP contribution < -0.4 is 10.1 Å². The van der Waals surface area contributed by atoms with Crippen LogP contribution in [0.5, 0.6) is 5.75 Å². The number of carbonyl (C=O) groups excluding carboxylic acids is 1. The molecule has 5 heteroatoms. The maximum absolute atomic E-state index is 12.6. The van der Waals surface area contributed by atoms with Crippen molar-refractivity contribution in [2.45, 2.75) is 13.8 Å². The molecule has 1 amide bonds. The lowest BCUT2D eigenvalue weighted by Crippen LogP contribution is -2.20. The SMILES string of the molecule is Cc1ccc(C)c(OCC(=O)Nc2cccn3cc(-c4ccc(-c5ccccc5)cc4)nc23)c1. The van der Waals surface area contributed by atoms with E-state index in [0.717, 1.165) is 33.7 Å². The third-order valence-electron chi connectivity index (χ3n) is 5.75. The largest absolute Gasteiger partial charge is 0.483 e. The van der Waals surface area contributed by atoms with Crippen LogP contribution in [-0.4, -0.2) is 21.9 Å². The molecule has 1 N–H and O–H groups in total. The highest BCUT2D eigenvalue weighted by Gasteiger charge is 2.12. The van der Waals surface area contributed by atoms with E-state index in [-0.39, 0.29) is 12.5 Å². The lowest BCUT2D eigenvalue weighted by atomic mass is 10.0. The number of ether oxygens (including phenoxy) is 1. The van der Waals surface area contributed by atoms with Gasteiger partial charge in [-0.05, 0) is 54.3 Å². The molecule has 2 heterocycles. The van der Waals surface area contributed by atoms with Gasteiger partial charge in [0.15, 0.2) is 12.3 Å². The minimum atomic E-state index is -0.231. The number of fused-ring (bicyclic) bond motifs is 1. The van der Waals surface area contributed by atoms with Crippen LogP contribution in [0.4, 0.5) is 5.69 Å². The fraction of sp³-hybridized carbons (Fsp3) is 0.103. The fourth-order valence-corrected chi connectivity index (χ4v) is 3.91. The molecule has 0 saturated heterocycles. The summed E-state index contributed by atoms with van der Waals surface area (Å²) in [4.78, 5) is 17.4. The number of anilines is 1. The Morgan fingerprint density at radius 1 is 0.882 bits per heavy atom. The van der Waals surface area contributed by atoms with Gasteiger partial charge < -0.3 is 14.5 Å². The van der Waals surface area contributed by atoms with Crippen molar-refractivity contribution in [3.8, 4) is 28.1 Å². The van der Waals surface area contributed by atoms with Crippen molar-refractivity contribution in [3.63, 3.8) is 0 Å². The number of benzene rings is 3. The first-order chi connectivity index (χ1) is 16.6. The van der Waals surface area contributed by atoms with Crippen LogP contribution in [0.25, 0.3) is 28.0 Å². The molecule has 5 rings (SSSR count). The van der Waals surface area contributed by atoms with Gasteiger partial charge in [0, 0.05) is 18.0 Å². The second-order valence-electron chi connectivity index (χ2n) is 8.33. The van der Waals surface area contributed by atoms with E-state index in [1.54, 1.807) is 0 Å². The van der Waals surface area contributed by atoms with Crippen LogP contribution >= 0.6 is 0 Å². The topological polar surface area (TPSA) is 55.6 Å². The molecule has 34 heavy (non-hydrogen) atoms. The minimum Gasteiger partial charge on any atom is -0.483 e. The van der Waals surface area contributed by atoms with Crippen molar-refractivity contribution < 1.29 is 9.53 Å². The van der Waals surface area contributed by atoms with Crippen molar-refractivity contribution in [1.82, 2.24) is 9.38 Å². The predicted molar refractivity (Wildman–Crippen MR) is 136 cm³/mol. The van der Waals surface area contributed by atoms with Gasteiger partial charge in [-0.25, -0.2) is 4.98 Å². The predicted octanol–water partition coefficient (Wildman–Crippen LogP) is 6.30. The molecule has 2 aromatic heterocycles. The van der Waals surface area contributed by atoms with Crippen LogP contribution in [0.15, 0.2) is 97.3 Å². The van der Waals surface area contributed by atoms with E-state index < -0.39 is 0 Å². The number of aromatic nitrogens is 2. The summed E-state index contributed by atoms with van der Waals surface area (Å²) < 4.78 is 7.66. The quantitative estimate of drug-likeness (QED) is 0.332. The molecule has 3 aromatic carbocycles. The number of rotatable bonds is 6. The van der Waals surface area contributed by atoms with Crippen LogP contribution in [-0.2, 0) is 4.79 Å². The number of hydrogen-bond acceptors (Lipinski definition) is 3. The second-order valence-corrected chi connectivity index (χ2v) is 8.33. The first-order valence-electron chi connectivity index (χ1n) is 11.2. The second kappa shape index (κ2) is 9.24. The summed E-state index contributed by atoms with van der Waals surface area (Å²) in [6.07, 6.45) is 3.89. The molecule has 0 aliphatic carbocycles. The standard InChI is InChI=1S/C29H25N3O2/c1-20-10-11-21(2)27(17-20)34-19-28(33)30-25-9-6-16-32-18-26(31-29(25)32)24-14-12-23(13-15-24)22-7-4-3-5-8-22/h3-18H,19H2,1-2H3,(H,30,33). The van der Waals surface area contributed by atoms with Crippen LogP contribution in [0.1, 0.15) is 11.1 Å². The van der Waals surface area contributed by atoms with E-state index in [4.69, 9.17) is 9.72 Å². The van der Waals surface area contributed by atoms with Gasteiger partial charge in [0.2, 0.25) is 0 Å². The zero-order valence-corrected chi connectivity index (χ0v) is 19.2. The van der Waals surface area contributed by atoms with Gasteiger partial charge in [-0.1, -0.05) is 66.7 Å². The maximum Gasteiger partial charge on any atom is 0.262 e. The third kappa shape index (κ3) is 4.55. The number of pyridine rings is 1. The molecule has 0 fully saturated rings. The number of nitrogens with zero attached hydrogens (tertiary/aromatic N) is 2. The Morgan fingerprint density at radius 2 is 1.62 bits per heavy atom. The normalized spacial score (nSPS) is 10.9. The molecule has 5 aromatic rings. The average molecular weight is 448 g/mol. The van der Waals surface area contributed by atoms with Gasteiger partial charge in [-0.15, -0.1) is 0 Å². The highest BCUT2D eigenvalue weighted by atomic mass is 16.5. The molecular weight excluding hydrogens is 422 g/mol. The van der Waals surface area contributed by atoms with Gasteiger partial charge >= 0.3 is 0 Å². The van der Waals surface area contributed by atoms with E-state index in [1.165, 1.54) is 5.56 Å². The summed E-state index contributed by atoms with van der Waals surface area (Å²) in [6.45, 7) is 3.89. The van der Waals surface area contributed by atoms with Gasteiger partial charge in [0.05, 0.1) is 11.4 Å². The molecule has 0 bridgehead atoms. The van der Waals surface area contributed by atoms with E-state index >= 15 is 0 Å². The van der Waals surface area contributed by atoms with Crippen molar-refractivity contribution in [1.29, 1.82) is 0 Å². The molecule has 0 aliphatic heterocycles. The summed E-state index contributed by atoms with van der Waals surface area (Å²) in [5, 5.41) is 2.94. The summed E-state index contributed by atoms with van der Waals surface area (Å²) in [7, 11) is 0. The molecule has 0 spiro atoms. The highest BCUT2D eigenvalue weighted by Crippen LogP contribution is 2.26. The molecule has 168 valence electrons. The molecule has 0 unspecified atom stereocenters. The molecule has 0 atom stereocenters. The Balaban J connectivity index is 1.33. The summed E-state index contributed by atoms with van der Waals surface area (Å²) in [5.74, 6) is 0.487. The first-order valence-corrected chi connectivity index (χ1v) is 11.2. The zero-order chi connectivity index (χ0) is 23.5. The van der Waals surface area contributed by atoms with Crippen molar-refractivity contribution in [2.75, 3.05) is 11.9 Å². The lowest BCUT2D eigenvalue weighted by molar-refractivity contribution is -0.118. The maximum atomic E-state index is 12.6.